The number of methoxy groups -OCH3 is 1. The summed E-state index contributed by atoms with van der Waals surface area (Å²) in [6.45, 7) is 2.69. The third-order valence-electron chi connectivity index (χ3n) is 4.52. The lowest BCUT2D eigenvalue weighted by molar-refractivity contribution is 0.0743. The van der Waals surface area contributed by atoms with Gasteiger partial charge in [-0.1, -0.05) is 24.3 Å². The van der Waals surface area contributed by atoms with Gasteiger partial charge in [-0.15, -0.1) is 0 Å². The number of aryl methyl sites for hydroxylation is 1. The van der Waals surface area contributed by atoms with Gasteiger partial charge in [0.25, 0.3) is 5.91 Å². The van der Waals surface area contributed by atoms with E-state index in [9.17, 15) is 9.18 Å². The second kappa shape index (κ2) is 9.08. The molecule has 1 heterocycles. The van der Waals surface area contributed by atoms with Crippen LogP contribution in [0.2, 0.25) is 0 Å². The summed E-state index contributed by atoms with van der Waals surface area (Å²) in [6, 6.07) is 14.0. The van der Waals surface area contributed by atoms with Gasteiger partial charge in [0.1, 0.15) is 17.9 Å². The van der Waals surface area contributed by atoms with Crippen LogP contribution in [-0.2, 0) is 13.0 Å². The number of hydrogen-bond acceptors (Lipinski definition) is 4. The molecule has 144 valence electrons. The summed E-state index contributed by atoms with van der Waals surface area (Å²) in [5.41, 5.74) is 3.04. The summed E-state index contributed by atoms with van der Waals surface area (Å²) < 4.78 is 18.4. The molecule has 6 heteroatoms. The molecule has 5 nitrogen and oxygen atoms in total. The quantitative estimate of drug-likeness (QED) is 0.626. The molecule has 28 heavy (non-hydrogen) atoms. The zero-order valence-electron chi connectivity index (χ0n) is 15.9. The molecule has 0 aliphatic rings. The van der Waals surface area contributed by atoms with Crippen LogP contribution in [0.15, 0.2) is 61.1 Å². The molecule has 0 fully saturated rings. The molecule has 1 amide bonds. The number of hydrogen-bond donors (Lipinski definition) is 0. The first-order chi connectivity index (χ1) is 13.6. The first-order valence-electron chi connectivity index (χ1n) is 9.00. The molecule has 3 aromatic rings. The third kappa shape index (κ3) is 4.91. The Bertz CT molecular complexity index is 945. The maximum atomic E-state index is 13.2. The molecular formula is C22H22FN3O2. The van der Waals surface area contributed by atoms with Gasteiger partial charge in [-0.25, -0.2) is 14.4 Å². The molecule has 1 aromatic heterocycles. The number of benzene rings is 2. The number of aromatic nitrogens is 2. The fourth-order valence-electron chi connectivity index (χ4n) is 2.93. The van der Waals surface area contributed by atoms with Crippen LogP contribution in [0.4, 0.5) is 4.39 Å². The zero-order valence-corrected chi connectivity index (χ0v) is 15.9. The van der Waals surface area contributed by atoms with Crippen LogP contribution in [-0.4, -0.2) is 34.4 Å². The molecule has 0 radical (unpaired) electrons. The van der Waals surface area contributed by atoms with Crippen LogP contribution in [0, 0.1) is 12.7 Å². The Morgan fingerprint density at radius 3 is 2.64 bits per heavy atom. The smallest absolute Gasteiger partial charge is 0.257 e. The van der Waals surface area contributed by atoms with E-state index in [1.165, 1.54) is 18.5 Å². The van der Waals surface area contributed by atoms with Crippen molar-refractivity contribution >= 4 is 5.91 Å². The summed E-state index contributed by atoms with van der Waals surface area (Å²) in [5.74, 6) is 0.329. The summed E-state index contributed by atoms with van der Waals surface area (Å²) >= 11 is 0. The standard InChI is InChI=1S/C22H22FN3O2/c1-16-21(13-24-15-25-16)22(27)26(11-10-17-6-8-19(23)9-7-17)14-18-4-3-5-20(12-18)28-2/h3-9,12-13,15H,10-11,14H2,1-2H3. The van der Waals surface area contributed by atoms with Crippen molar-refractivity contribution in [3.05, 3.63) is 89.3 Å². The first-order valence-corrected chi connectivity index (χ1v) is 9.00. The highest BCUT2D eigenvalue weighted by atomic mass is 19.1. The minimum atomic E-state index is -0.273. The number of ether oxygens (including phenoxy) is 1. The predicted octanol–water partition coefficient (Wildman–Crippen LogP) is 3.82. The molecule has 0 aliphatic heterocycles. The number of halogens is 1. The van der Waals surface area contributed by atoms with Gasteiger partial charge in [0.2, 0.25) is 0 Å². The Kier molecular flexibility index (Phi) is 6.32. The number of carbonyl (C=O) groups is 1. The normalized spacial score (nSPS) is 10.5. The van der Waals surface area contributed by atoms with Crippen molar-refractivity contribution in [3.63, 3.8) is 0 Å². The van der Waals surface area contributed by atoms with E-state index < -0.39 is 0 Å². The molecule has 0 saturated heterocycles. The lowest BCUT2D eigenvalue weighted by Crippen LogP contribution is -2.33. The Balaban J connectivity index is 1.83. The van der Waals surface area contributed by atoms with E-state index in [0.29, 0.717) is 30.8 Å². The van der Waals surface area contributed by atoms with E-state index in [2.05, 4.69) is 9.97 Å². The number of rotatable bonds is 7. The van der Waals surface area contributed by atoms with Crippen LogP contribution in [0.5, 0.6) is 5.75 Å². The fraction of sp³-hybridized carbons (Fsp3) is 0.227. The number of amides is 1. The molecule has 0 spiro atoms. The van der Waals surface area contributed by atoms with Crippen molar-refractivity contribution in [2.75, 3.05) is 13.7 Å². The SMILES string of the molecule is COc1cccc(CN(CCc2ccc(F)cc2)C(=O)c2cncnc2C)c1. The first kappa shape index (κ1) is 19.5. The molecular weight excluding hydrogens is 357 g/mol. The average Bonchev–Trinajstić information content (AvgIpc) is 2.72. The van der Waals surface area contributed by atoms with Gasteiger partial charge in [-0.3, -0.25) is 4.79 Å². The average molecular weight is 379 g/mol. The van der Waals surface area contributed by atoms with Crippen LogP contribution < -0.4 is 4.74 Å². The molecule has 0 bridgehead atoms. The number of nitrogens with zero attached hydrogens (tertiary/aromatic N) is 3. The molecule has 3 rings (SSSR count). The van der Waals surface area contributed by atoms with E-state index in [1.54, 1.807) is 37.3 Å². The monoisotopic (exact) mass is 379 g/mol. The van der Waals surface area contributed by atoms with E-state index in [0.717, 1.165) is 16.9 Å². The van der Waals surface area contributed by atoms with Crippen molar-refractivity contribution in [1.82, 2.24) is 14.9 Å². The van der Waals surface area contributed by atoms with Crippen LogP contribution in [0.25, 0.3) is 0 Å². The summed E-state index contributed by atoms with van der Waals surface area (Å²) in [7, 11) is 1.61. The van der Waals surface area contributed by atoms with Crippen LogP contribution in [0.3, 0.4) is 0 Å². The largest absolute Gasteiger partial charge is 0.497 e. The summed E-state index contributed by atoms with van der Waals surface area (Å²) in [6.07, 6.45) is 3.58. The van der Waals surface area contributed by atoms with Crippen LogP contribution >= 0.6 is 0 Å². The maximum absolute atomic E-state index is 13.2. The van der Waals surface area contributed by atoms with Crippen molar-refractivity contribution in [2.24, 2.45) is 0 Å². The lowest BCUT2D eigenvalue weighted by Gasteiger charge is -2.23. The summed E-state index contributed by atoms with van der Waals surface area (Å²) in [4.78, 5) is 23.0. The third-order valence-corrected chi connectivity index (χ3v) is 4.52. The van der Waals surface area contributed by atoms with E-state index in [-0.39, 0.29) is 11.7 Å². The van der Waals surface area contributed by atoms with Gasteiger partial charge in [-0.2, -0.15) is 0 Å². The van der Waals surface area contributed by atoms with Gasteiger partial charge in [0.05, 0.1) is 18.4 Å². The maximum Gasteiger partial charge on any atom is 0.257 e. The molecule has 0 atom stereocenters. The Labute approximate surface area is 163 Å². The van der Waals surface area contributed by atoms with Crippen LogP contribution in [0.1, 0.15) is 27.2 Å². The van der Waals surface area contributed by atoms with Gasteiger partial charge >= 0.3 is 0 Å². The highest BCUT2D eigenvalue weighted by molar-refractivity contribution is 5.94. The molecule has 0 unspecified atom stereocenters. The molecule has 0 saturated carbocycles. The van der Waals surface area contributed by atoms with Crippen molar-refractivity contribution in [3.8, 4) is 5.75 Å². The Hall–Kier alpha value is -3.28. The van der Waals surface area contributed by atoms with Gasteiger partial charge in [0.15, 0.2) is 0 Å². The molecule has 0 aliphatic carbocycles. The van der Waals surface area contributed by atoms with Gasteiger partial charge < -0.3 is 9.64 Å². The molecule has 0 N–H and O–H groups in total. The molecule has 2 aromatic carbocycles. The van der Waals surface area contributed by atoms with Gasteiger partial charge in [0, 0.05) is 19.3 Å². The second-order valence-corrected chi connectivity index (χ2v) is 6.48. The topological polar surface area (TPSA) is 55.3 Å². The minimum absolute atomic E-state index is 0.136. The van der Waals surface area contributed by atoms with Crippen molar-refractivity contribution in [1.29, 1.82) is 0 Å². The Morgan fingerprint density at radius 2 is 1.93 bits per heavy atom. The second-order valence-electron chi connectivity index (χ2n) is 6.48. The Morgan fingerprint density at radius 1 is 1.14 bits per heavy atom. The minimum Gasteiger partial charge on any atom is -0.497 e. The van der Waals surface area contributed by atoms with E-state index >= 15 is 0 Å². The summed E-state index contributed by atoms with van der Waals surface area (Å²) in [5, 5.41) is 0. The fourth-order valence-corrected chi connectivity index (χ4v) is 2.93. The van der Waals surface area contributed by atoms with Crippen molar-refractivity contribution < 1.29 is 13.9 Å². The highest BCUT2D eigenvalue weighted by Crippen LogP contribution is 2.17. The van der Waals surface area contributed by atoms with E-state index in [1.807, 2.05) is 24.3 Å². The van der Waals surface area contributed by atoms with E-state index in [4.69, 9.17) is 4.74 Å². The zero-order chi connectivity index (χ0) is 19.9. The number of carbonyl (C=O) groups excluding carboxylic acids is 1. The predicted molar refractivity (Wildman–Crippen MR) is 105 cm³/mol. The highest BCUT2D eigenvalue weighted by Gasteiger charge is 2.19. The van der Waals surface area contributed by atoms with Crippen molar-refractivity contribution in [2.45, 2.75) is 19.9 Å². The van der Waals surface area contributed by atoms with Gasteiger partial charge in [-0.05, 0) is 48.7 Å². The lowest BCUT2D eigenvalue weighted by atomic mass is 10.1.